The van der Waals surface area contributed by atoms with E-state index in [1.807, 2.05) is 17.8 Å². The summed E-state index contributed by atoms with van der Waals surface area (Å²) in [7, 11) is -2.77. The third kappa shape index (κ3) is 4.42. The van der Waals surface area contributed by atoms with Crippen LogP contribution in [-0.4, -0.2) is 8.07 Å². The first-order valence-corrected chi connectivity index (χ1v) is 20.0. The van der Waals surface area contributed by atoms with E-state index >= 15 is 0 Å². The number of hydrogen-bond donors (Lipinski definition) is 0. The Labute approximate surface area is 300 Å². The van der Waals surface area contributed by atoms with Crippen molar-refractivity contribution in [3.63, 3.8) is 0 Å². The van der Waals surface area contributed by atoms with Crippen molar-refractivity contribution in [1.29, 1.82) is 0 Å². The first-order chi connectivity index (χ1) is 24.4. The SMILES string of the molecule is C=C/C=C\C1=C(C)Oc2ccccc2[Si]12c1ccccc1Sc1ccc(-c3ccc(N4c5ccccc5C(C)(C)c5ccccc54)cc3)cc12. The highest BCUT2D eigenvalue weighted by molar-refractivity contribution is 8.00. The Hall–Kier alpha value is -5.29. The third-order valence-electron chi connectivity index (χ3n) is 10.7. The van der Waals surface area contributed by atoms with Crippen LogP contribution in [0.3, 0.4) is 0 Å². The number of fused-ring (bicyclic) bond motifs is 8. The molecular formula is C46H37NOSSi. The molecule has 242 valence electrons. The minimum Gasteiger partial charge on any atom is -0.462 e. The van der Waals surface area contributed by atoms with Crippen molar-refractivity contribution in [1.82, 2.24) is 0 Å². The molecule has 1 atom stereocenters. The number of para-hydroxylation sites is 3. The second-order valence-corrected chi connectivity index (χ2v) is 18.5. The summed E-state index contributed by atoms with van der Waals surface area (Å²) in [6.45, 7) is 10.8. The maximum Gasteiger partial charge on any atom is 0.190 e. The Morgan fingerprint density at radius 3 is 1.98 bits per heavy atom. The molecule has 0 N–H and O–H groups in total. The molecule has 0 aromatic heterocycles. The van der Waals surface area contributed by atoms with Gasteiger partial charge in [0.1, 0.15) is 11.5 Å². The topological polar surface area (TPSA) is 12.5 Å². The minimum absolute atomic E-state index is 0.0848. The van der Waals surface area contributed by atoms with Crippen LogP contribution >= 0.6 is 11.8 Å². The van der Waals surface area contributed by atoms with E-state index in [9.17, 15) is 0 Å². The Balaban J connectivity index is 1.21. The lowest BCUT2D eigenvalue weighted by molar-refractivity contribution is 0.426. The summed E-state index contributed by atoms with van der Waals surface area (Å²) in [4.78, 5) is 5.06. The van der Waals surface area contributed by atoms with Crippen LogP contribution in [0.2, 0.25) is 0 Å². The van der Waals surface area contributed by atoms with Crippen LogP contribution in [0, 0.1) is 0 Å². The average Bonchev–Trinajstić information content (AvgIpc) is 3.15. The monoisotopic (exact) mass is 679 g/mol. The molecule has 3 aliphatic heterocycles. The van der Waals surface area contributed by atoms with Crippen molar-refractivity contribution in [2.75, 3.05) is 4.90 Å². The number of nitrogens with zero attached hydrogens (tertiary/aromatic N) is 1. The van der Waals surface area contributed by atoms with Crippen molar-refractivity contribution in [2.45, 2.75) is 36.0 Å². The van der Waals surface area contributed by atoms with Crippen LogP contribution in [0.15, 0.2) is 185 Å². The molecular weight excluding hydrogens is 643 g/mol. The highest BCUT2D eigenvalue weighted by atomic mass is 32.2. The third-order valence-corrected chi connectivity index (χ3v) is 17.3. The van der Waals surface area contributed by atoms with Gasteiger partial charge >= 0.3 is 0 Å². The Kier molecular flexibility index (Phi) is 7.17. The van der Waals surface area contributed by atoms with Gasteiger partial charge in [-0.1, -0.05) is 147 Å². The number of allylic oxidation sites excluding steroid dienone is 5. The van der Waals surface area contributed by atoms with Crippen LogP contribution in [-0.2, 0) is 5.41 Å². The number of rotatable bonds is 4. The molecule has 6 aromatic carbocycles. The molecule has 50 heavy (non-hydrogen) atoms. The summed E-state index contributed by atoms with van der Waals surface area (Å²) < 4.78 is 6.56. The van der Waals surface area contributed by atoms with E-state index in [1.54, 1.807) is 0 Å². The van der Waals surface area contributed by atoms with Crippen molar-refractivity contribution in [3.8, 4) is 16.9 Å². The maximum absolute atomic E-state index is 6.56. The number of hydrogen-bond acceptors (Lipinski definition) is 3. The standard InChI is InChI=1S/C46H37NOSSi/c1-5-6-21-42-31(2)48-39-19-11-13-22-43(39)50(42)44-23-14-12-20-40(44)49-41-29-26-33(30-45(41)50)32-24-27-34(28-25-32)47-37-17-9-7-15-35(37)46(3,4)36-16-8-10-18-38(36)47/h5-30H,1H2,2-4H3/b21-6-. The Morgan fingerprint density at radius 2 is 1.26 bits per heavy atom. The molecule has 9 rings (SSSR count). The zero-order valence-electron chi connectivity index (χ0n) is 28.5. The van der Waals surface area contributed by atoms with Gasteiger partial charge in [-0.05, 0) is 92.4 Å². The fourth-order valence-corrected chi connectivity index (χ4v) is 15.7. The fraction of sp³-hybridized carbons (Fsp3) is 0.0870. The second-order valence-electron chi connectivity index (χ2n) is 13.8. The number of anilines is 3. The first-order valence-electron chi connectivity index (χ1n) is 17.2. The van der Waals surface area contributed by atoms with Crippen molar-refractivity contribution in [2.24, 2.45) is 0 Å². The van der Waals surface area contributed by atoms with E-state index in [1.165, 1.54) is 64.2 Å². The number of benzene rings is 6. The van der Waals surface area contributed by atoms with E-state index in [2.05, 4.69) is 184 Å². The predicted molar refractivity (Wildman–Crippen MR) is 213 cm³/mol. The molecule has 1 spiro atoms. The van der Waals surface area contributed by atoms with Gasteiger partial charge in [0, 0.05) is 20.9 Å². The van der Waals surface area contributed by atoms with Crippen molar-refractivity contribution >= 4 is 52.5 Å². The van der Waals surface area contributed by atoms with Crippen LogP contribution in [0.5, 0.6) is 5.75 Å². The zero-order chi connectivity index (χ0) is 34.0. The van der Waals surface area contributed by atoms with E-state index in [0.29, 0.717) is 0 Å². The Bertz CT molecular complexity index is 2360. The number of ether oxygens (including phenoxy) is 1. The summed E-state index contributed by atoms with van der Waals surface area (Å²) in [5.41, 5.74) is 8.65. The molecule has 0 aliphatic carbocycles. The van der Waals surface area contributed by atoms with Crippen molar-refractivity contribution in [3.05, 3.63) is 186 Å². The first kappa shape index (κ1) is 30.7. The van der Waals surface area contributed by atoms with E-state index < -0.39 is 8.07 Å². The summed E-state index contributed by atoms with van der Waals surface area (Å²) in [5, 5.41) is 5.38. The van der Waals surface area contributed by atoms with Gasteiger partial charge in [-0.15, -0.1) is 0 Å². The lowest BCUT2D eigenvalue weighted by Gasteiger charge is -2.43. The molecule has 2 nitrogen and oxygen atoms in total. The fourth-order valence-electron chi connectivity index (χ4n) is 8.45. The molecule has 4 heteroatoms. The van der Waals surface area contributed by atoms with Crippen LogP contribution in [0.4, 0.5) is 17.1 Å². The van der Waals surface area contributed by atoms with Gasteiger partial charge in [-0.2, -0.15) is 0 Å². The highest BCUT2D eigenvalue weighted by Gasteiger charge is 2.52. The molecule has 0 bridgehead atoms. The largest absolute Gasteiger partial charge is 0.462 e. The van der Waals surface area contributed by atoms with Gasteiger partial charge in [0.15, 0.2) is 8.07 Å². The molecule has 0 fully saturated rings. The average molecular weight is 680 g/mol. The molecule has 0 saturated carbocycles. The lowest BCUT2D eigenvalue weighted by Crippen LogP contribution is -2.72. The summed E-state index contributed by atoms with van der Waals surface area (Å²) in [5.74, 6) is 1.92. The van der Waals surface area contributed by atoms with Crippen molar-refractivity contribution < 1.29 is 4.74 Å². The molecule has 3 aliphatic rings. The van der Waals surface area contributed by atoms with Gasteiger partial charge in [-0.3, -0.25) is 0 Å². The molecule has 0 radical (unpaired) electrons. The minimum atomic E-state index is -2.77. The molecule has 0 amide bonds. The van der Waals surface area contributed by atoms with Gasteiger partial charge < -0.3 is 9.64 Å². The van der Waals surface area contributed by atoms with Gasteiger partial charge in [0.05, 0.1) is 11.4 Å². The summed E-state index contributed by atoms with van der Waals surface area (Å²) in [6, 6.07) is 51.6. The second kappa shape index (κ2) is 11.7. The molecule has 0 saturated heterocycles. The quantitative estimate of drug-likeness (QED) is 0.136. The van der Waals surface area contributed by atoms with E-state index in [4.69, 9.17) is 4.74 Å². The van der Waals surface area contributed by atoms with Gasteiger partial charge in [0.25, 0.3) is 0 Å². The molecule has 3 heterocycles. The predicted octanol–water partition coefficient (Wildman–Crippen LogP) is 10.3. The Morgan fingerprint density at radius 1 is 0.660 bits per heavy atom. The van der Waals surface area contributed by atoms with Crippen LogP contribution in [0.25, 0.3) is 11.1 Å². The zero-order valence-corrected chi connectivity index (χ0v) is 30.3. The lowest BCUT2D eigenvalue weighted by atomic mass is 9.73. The summed E-state index contributed by atoms with van der Waals surface area (Å²) >= 11 is 1.88. The van der Waals surface area contributed by atoms with Gasteiger partial charge in [-0.25, -0.2) is 0 Å². The molecule has 6 aromatic rings. The normalized spacial score (nSPS) is 18.1. The summed E-state index contributed by atoms with van der Waals surface area (Å²) in [6.07, 6.45) is 6.18. The maximum atomic E-state index is 6.56. The van der Waals surface area contributed by atoms with E-state index in [-0.39, 0.29) is 5.41 Å². The highest BCUT2D eigenvalue weighted by Crippen LogP contribution is 2.51. The van der Waals surface area contributed by atoms with E-state index in [0.717, 1.165) is 17.2 Å². The van der Waals surface area contributed by atoms with Crippen LogP contribution in [0.1, 0.15) is 31.9 Å². The van der Waals surface area contributed by atoms with Gasteiger partial charge in [0.2, 0.25) is 0 Å². The van der Waals surface area contributed by atoms with Crippen LogP contribution < -0.4 is 25.2 Å². The smallest absolute Gasteiger partial charge is 0.190 e. The molecule has 1 unspecified atom stereocenters.